The molecule has 0 aliphatic rings. The fourth-order valence-electron chi connectivity index (χ4n) is 1.87. The van der Waals surface area contributed by atoms with Gasteiger partial charge in [0.15, 0.2) is 5.82 Å². The van der Waals surface area contributed by atoms with E-state index in [4.69, 9.17) is 11.6 Å². The highest BCUT2D eigenvalue weighted by atomic mass is 79.9. The number of thiophene rings is 1. The number of anilines is 2. The Morgan fingerprint density at radius 1 is 1.35 bits per heavy atom. The third-order valence-corrected chi connectivity index (χ3v) is 4.84. The molecule has 0 saturated heterocycles. The number of carbonyl (C=O) groups is 1. The molecule has 0 aliphatic carbocycles. The Morgan fingerprint density at radius 2 is 2.17 bits per heavy atom. The summed E-state index contributed by atoms with van der Waals surface area (Å²) in [6, 6.07) is 6.88. The number of nitrogens with one attached hydrogen (secondary N) is 3. The first-order chi connectivity index (χ1) is 11.0. The van der Waals surface area contributed by atoms with Crippen molar-refractivity contribution >= 4 is 56.4 Å². The summed E-state index contributed by atoms with van der Waals surface area (Å²) in [6.45, 7) is 1.83. The zero-order valence-corrected chi connectivity index (χ0v) is 15.0. The predicted molar refractivity (Wildman–Crippen MR) is 96.2 cm³/mol. The molecule has 9 heteroatoms. The lowest BCUT2D eigenvalue weighted by Crippen LogP contribution is -2.20. The molecule has 3 N–H and O–H groups in total. The maximum atomic E-state index is 12.1. The van der Waals surface area contributed by atoms with Crippen LogP contribution in [-0.4, -0.2) is 21.2 Å². The number of H-pyrrole nitrogens is 1. The highest BCUT2D eigenvalue weighted by Crippen LogP contribution is 2.31. The minimum atomic E-state index is -0.402. The second-order valence-electron chi connectivity index (χ2n) is 4.67. The van der Waals surface area contributed by atoms with Crippen LogP contribution in [0, 0.1) is 6.92 Å². The van der Waals surface area contributed by atoms with E-state index < -0.39 is 6.03 Å². The largest absolute Gasteiger partial charge is 0.324 e. The molecule has 3 aromatic rings. The third-order valence-electron chi connectivity index (χ3n) is 2.98. The molecule has 23 heavy (non-hydrogen) atoms. The normalized spacial score (nSPS) is 10.6. The zero-order chi connectivity index (χ0) is 16.4. The summed E-state index contributed by atoms with van der Waals surface area (Å²) in [4.78, 5) is 17.0. The van der Waals surface area contributed by atoms with Crippen LogP contribution in [0.3, 0.4) is 0 Å². The number of aryl methyl sites for hydroxylation is 1. The summed E-state index contributed by atoms with van der Waals surface area (Å²) in [5.74, 6) is 0.430. The summed E-state index contributed by atoms with van der Waals surface area (Å²) in [7, 11) is 0. The summed E-state index contributed by atoms with van der Waals surface area (Å²) in [6.07, 6.45) is 1.60. The molecular weight excluding hydrogens is 402 g/mol. The van der Waals surface area contributed by atoms with E-state index in [0.717, 1.165) is 19.9 Å². The smallest absolute Gasteiger partial charge is 0.307 e. The molecular formula is C14H11BrClN5OS. The van der Waals surface area contributed by atoms with Gasteiger partial charge in [0.2, 0.25) is 0 Å². The first-order valence-electron chi connectivity index (χ1n) is 6.52. The second kappa shape index (κ2) is 6.69. The molecule has 3 heterocycles. The molecule has 0 radical (unpaired) electrons. The van der Waals surface area contributed by atoms with E-state index >= 15 is 0 Å². The van der Waals surface area contributed by atoms with E-state index in [1.165, 1.54) is 0 Å². The van der Waals surface area contributed by atoms with Crippen LogP contribution in [0.5, 0.6) is 0 Å². The summed E-state index contributed by atoms with van der Waals surface area (Å²) >= 11 is 10.8. The van der Waals surface area contributed by atoms with E-state index in [0.29, 0.717) is 16.7 Å². The third kappa shape index (κ3) is 3.90. The lowest BCUT2D eigenvalue weighted by molar-refractivity contribution is 0.262. The van der Waals surface area contributed by atoms with E-state index in [-0.39, 0.29) is 0 Å². The lowest BCUT2D eigenvalue weighted by Gasteiger charge is -2.08. The van der Waals surface area contributed by atoms with Crippen molar-refractivity contribution in [1.82, 2.24) is 15.2 Å². The highest BCUT2D eigenvalue weighted by Gasteiger charge is 2.10. The Balaban J connectivity index is 1.69. The van der Waals surface area contributed by atoms with Crippen molar-refractivity contribution in [3.8, 4) is 10.6 Å². The number of aromatic nitrogens is 3. The van der Waals surface area contributed by atoms with Crippen molar-refractivity contribution in [3.05, 3.63) is 45.0 Å². The molecule has 2 amide bonds. The van der Waals surface area contributed by atoms with Crippen LogP contribution in [0.25, 0.3) is 10.6 Å². The van der Waals surface area contributed by atoms with Crippen LogP contribution >= 0.6 is 38.9 Å². The first-order valence-corrected chi connectivity index (χ1v) is 8.51. The van der Waals surface area contributed by atoms with Gasteiger partial charge < -0.3 is 5.32 Å². The molecule has 6 nitrogen and oxygen atoms in total. The van der Waals surface area contributed by atoms with Gasteiger partial charge in [0.1, 0.15) is 5.15 Å². The monoisotopic (exact) mass is 411 g/mol. The van der Waals surface area contributed by atoms with Crippen LogP contribution in [0.1, 0.15) is 5.56 Å². The Hall–Kier alpha value is -1.90. The average Bonchev–Trinajstić information content (AvgIpc) is 3.12. The van der Waals surface area contributed by atoms with E-state index in [2.05, 4.69) is 41.7 Å². The van der Waals surface area contributed by atoms with Crippen molar-refractivity contribution in [2.75, 3.05) is 10.6 Å². The van der Waals surface area contributed by atoms with Crippen molar-refractivity contribution in [2.24, 2.45) is 0 Å². The van der Waals surface area contributed by atoms with Gasteiger partial charge in [-0.3, -0.25) is 10.4 Å². The minimum Gasteiger partial charge on any atom is -0.307 e. The number of amides is 2. The number of urea groups is 1. The number of rotatable bonds is 3. The molecule has 118 valence electrons. The highest BCUT2D eigenvalue weighted by molar-refractivity contribution is 9.11. The molecule has 0 aromatic carbocycles. The Morgan fingerprint density at radius 3 is 2.91 bits per heavy atom. The standard InChI is InChI=1S/C14H11BrClN5OS/c1-7-6-17-12(16)4-8(7)18-14(22)19-13-5-9(20-21-13)10-2-3-11(15)23-10/h2-6H,1H3,(H3,17,18,19,20,21,22). The molecule has 0 unspecified atom stereocenters. The van der Waals surface area contributed by atoms with E-state index in [1.807, 2.05) is 19.1 Å². The van der Waals surface area contributed by atoms with Gasteiger partial charge in [-0.2, -0.15) is 5.10 Å². The van der Waals surface area contributed by atoms with Crippen LogP contribution in [-0.2, 0) is 0 Å². The summed E-state index contributed by atoms with van der Waals surface area (Å²) in [5.41, 5.74) is 2.25. The Labute approximate surface area is 149 Å². The SMILES string of the molecule is Cc1cnc(Cl)cc1NC(=O)Nc1cc(-c2ccc(Br)s2)[nH]n1. The number of carbonyl (C=O) groups excluding carboxylic acids is 1. The molecule has 0 saturated carbocycles. The molecule has 3 aromatic heterocycles. The van der Waals surface area contributed by atoms with Crippen molar-refractivity contribution in [2.45, 2.75) is 6.92 Å². The van der Waals surface area contributed by atoms with Gasteiger partial charge in [-0.15, -0.1) is 11.3 Å². The maximum absolute atomic E-state index is 12.1. The fraction of sp³-hybridized carbons (Fsp3) is 0.0714. The van der Waals surface area contributed by atoms with Crippen molar-refractivity contribution in [3.63, 3.8) is 0 Å². The Kier molecular flexibility index (Phi) is 4.65. The zero-order valence-electron chi connectivity index (χ0n) is 11.9. The number of aromatic amines is 1. The van der Waals surface area contributed by atoms with E-state index in [1.54, 1.807) is 29.7 Å². The van der Waals surface area contributed by atoms with Crippen LogP contribution < -0.4 is 10.6 Å². The van der Waals surface area contributed by atoms with Crippen LogP contribution in [0.4, 0.5) is 16.3 Å². The average molecular weight is 413 g/mol. The van der Waals surface area contributed by atoms with Gasteiger partial charge in [-0.05, 0) is 46.6 Å². The number of pyridine rings is 1. The van der Waals surface area contributed by atoms with Gasteiger partial charge in [-0.25, -0.2) is 9.78 Å². The van der Waals surface area contributed by atoms with Crippen molar-refractivity contribution < 1.29 is 4.79 Å². The van der Waals surface area contributed by atoms with Crippen LogP contribution in [0.15, 0.2) is 34.2 Å². The topological polar surface area (TPSA) is 82.7 Å². The lowest BCUT2D eigenvalue weighted by atomic mass is 10.2. The molecule has 0 fully saturated rings. The van der Waals surface area contributed by atoms with Gasteiger partial charge in [0.25, 0.3) is 0 Å². The first kappa shape index (κ1) is 16.0. The van der Waals surface area contributed by atoms with Crippen molar-refractivity contribution in [1.29, 1.82) is 0 Å². The predicted octanol–water partition coefficient (Wildman–Crippen LogP) is 4.90. The number of nitrogens with zero attached hydrogens (tertiary/aromatic N) is 2. The molecule has 3 rings (SSSR count). The Bertz CT molecular complexity index is 862. The molecule has 0 bridgehead atoms. The number of hydrogen-bond acceptors (Lipinski definition) is 4. The van der Waals surface area contributed by atoms with Crippen LogP contribution in [0.2, 0.25) is 5.15 Å². The van der Waals surface area contributed by atoms with Gasteiger partial charge in [0, 0.05) is 18.0 Å². The maximum Gasteiger partial charge on any atom is 0.324 e. The quantitative estimate of drug-likeness (QED) is 0.535. The molecule has 0 aliphatic heterocycles. The van der Waals surface area contributed by atoms with E-state index in [9.17, 15) is 4.79 Å². The number of halogens is 2. The summed E-state index contributed by atoms with van der Waals surface area (Å²) < 4.78 is 1.03. The second-order valence-corrected chi connectivity index (χ2v) is 7.52. The molecule has 0 spiro atoms. The van der Waals surface area contributed by atoms with Gasteiger partial charge in [0.05, 0.1) is 14.4 Å². The summed E-state index contributed by atoms with van der Waals surface area (Å²) in [5, 5.41) is 12.7. The molecule has 0 atom stereocenters. The minimum absolute atomic E-state index is 0.316. The fourth-order valence-corrected chi connectivity index (χ4v) is 3.38. The number of hydrogen-bond donors (Lipinski definition) is 3. The van der Waals surface area contributed by atoms with Gasteiger partial charge >= 0.3 is 6.03 Å². The van der Waals surface area contributed by atoms with Gasteiger partial charge in [-0.1, -0.05) is 11.6 Å².